The predicted molar refractivity (Wildman–Crippen MR) is 151 cm³/mol. The van der Waals surface area contributed by atoms with Crippen LogP contribution in [0.5, 0.6) is 0 Å². The van der Waals surface area contributed by atoms with Gasteiger partial charge in [-0.25, -0.2) is 22.6 Å². The average Bonchev–Trinajstić information content (AvgIpc) is 3.18. The van der Waals surface area contributed by atoms with Crippen molar-refractivity contribution in [1.29, 1.82) is 0 Å². The number of urea groups is 1. The summed E-state index contributed by atoms with van der Waals surface area (Å²) >= 11 is 0. The van der Waals surface area contributed by atoms with E-state index in [1.807, 2.05) is 54.1 Å². The number of carbonyl (C=O) groups excluding carboxylic acids is 1. The third-order valence-corrected chi connectivity index (χ3v) is 7.84. The first kappa shape index (κ1) is 27.1. The number of sulfonamides is 1. The first-order valence-electron chi connectivity index (χ1n) is 12.6. The molecular formula is C30H34N4O3S. The summed E-state index contributed by atoms with van der Waals surface area (Å²) in [5.41, 5.74) is 7.18. The number of hydrogen-bond acceptors (Lipinski definition) is 4. The number of hydrogen-bond donors (Lipinski definition) is 2. The number of nitrogens with one attached hydrogen (secondary N) is 2. The van der Waals surface area contributed by atoms with E-state index in [0.717, 1.165) is 39.3 Å². The largest absolute Gasteiger partial charge is 0.337 e. The Kier molecular flexibility index (Phi) is 7.73. The Labute approximate surface area is 225 Å². The van der Waals surface area contributed by atoms with Gasteiger partial charge in [-0.05, 0) is 66.6 Å². The number of aryl methyl sites for hydroxylation is 1. The summed E-state index contributed by atoms with van der Waals surface area (Å²) in [4.78, 5) is 12.3. The number of carbonyl (C=O) groups is 1. The van der Waals surface area contributed by atoms with E-state index in [1.165, 1.54) is 12.1 Å². The Morgan fingerprint density at radius 2 is 1.53 bits per heavy atom. The quantitative estimate of drug-likeness (QED) is 0.321. The Bertz CT molecular complexity index is 1520. The average molecular weight is 531 g/mol. The van der Waals surface area contributed by atoms with Crippen molar-refractivity contribution in [1.82, 2.24) is 19.8 Å². The van der Waals surface area contributed by atoms with Gasteiger partial charge in [0.1, 0.15) is 0 Å². The van der Waals surface area contributed by atoms with Crippen LogP contribution in [0.1, 0.15) is 43.3 Å². The van der Waals surface area contributed by atoms with Crippen molar-refractivity contribution in [2.24, 2.45) is 0 Å². The van der Waals surface area contributed by atoms with Crippen molar-refractivity contribution < 1.29 is 13.2 Å². The van der Waals surface area contributed by atoms with E-state index in [4.69, 9.17) is 5.10 Å². The van der Waals surface area contributed by atoms with E-state index >= 15 is 0 Å². The summed E-state index contributed by atoms with van der Waals surface area (Å²) in [7, 11) is -3.95. The molecule has 4 rings (SSSR count). The number of rotatable bonds is 7. The van der Waals surface area contributed by atoms with Gasteiger partial charge in [0.05, 0.1) is 16.3 Å². The highest BCUT2D eigenvalue weighted by atomic mass is 32.2. The molecule has 0 aliphatic rings. The van der Waals surface area contributed by atoms with Crippen molar-refractivity contribution in [3.63, 3.8) is 0 Å². The molecule has 0 unspecified atom stereocenters. The van der Waals surface area contributed by atoms with Crippen molar-refractivity contribution in [2.75, 3.05) is 6.54 Å². The molecule has 1 aromatic heterocycles. The zero-order chi connectivity index (χ0) is 27.5. The van der Waals surface area contributed by atoms with Gasteiger partial charge in [0, 0.05) is 17.8 Å². The van der Waals surface area contributed by atoms with E-state index in [2.05, 4.69) is 49.9 Å². The summed E-state index contributed by atoms with van der Waals surface area (Å²) in [6.45, 7) is 10.5. The number of aromatic nitrogens is 2. The van der Waals surface area contributed by atoms with Crippen LogP contribution in [0.2, 0.25) is 0 Å². The number of amides is 2. The van der Waals surface area contributed by atoms with Crippen molar-refractivity contribution in [3.8, 4) is 16.8 Å². The normalized spacial score (nSPS) is 11.8. The van der Waals surface area contributed by atoms with E-state index in [0.29, 0.717) is 13.0 Å². The summed E-state index contributed by atoms with van der Waals surface area (Å²) in [5.74, 6) is 0. The van der Waals surface area contributed by atoms with Crippen LogP contribution in [0.25, 0.3) is 16.8 Å². The first-order chi connectivity index (χ1) is 18.0. The highest BCUT2D eigenvalue weighted by molar-refractivity contribution is 7.90. The van der Waals surface area contributed by atoms with E-state index in [9.17, 15) is 13.2 Å². The van der Waals surface area contributed by atoms with Gasteiger partial charge < -0.3 is 5.32 Å². The van der Waals surface area contributed by atoms with Gasteiger partial charge >= 0.3 is 6.03 Å². The molecule has 4 aromatic rings. The molecule has 0 spiro atoms. The maximum absolute atomic E-state index is 12.6. The minimum Gasteiger partial charge on any atom is -0.337 e. The fraction of sp³-hybridized carbons (Fsp3) is 0.267. The lowest BCUT2D eigenvalue weighted by Gasteiger charge is -2.19. The van der Waals surface area contributed by atoms with Gasteiger partial charge in [-0.2, -0.15) is 5.10 Å². The molecule has 2 amide bonds. The fourth-order valence-corrected chi connectivity index (χ4v) is 5.32. The maximum atomic E-state index is 12.6. The molecule has 8 heteroatoms. The topological polar surface area (TPSA) is 93.1 Å². The second-order valence-electron chi connectivity index (χ2n) is 10.4. The molecule has 3 aromatic carbocycles. The van der Waals surface area contributed by atoms with E-state index in [-0.39, 0.29) is 10.3 Å². The van der Waals surface area contributed by atoms with Crippen LogP contribution >= 0.6 is 0 Å². The van der Waals surface area contributed by atoms with Gasteiger partial charge in [0.25, 0.3) is 10.0 Å². The van der Waals surface area contributed by atoms with Crippen molar-refractivity contribution in [3.05, 3.63) is 101 Å². The Balaban J connectivity index is 1.34. The van der Waals surface area contributed by atoms with Crippen molar-refractivity contribution >= 4 is 16.1 Å². The standard InChI is InChI=1S/C30H34N4O3S/c1-21-28(24-9-7-6-8-10-24)22(2)34(32-21)26-15-11-23(12-16-26)19-20-31-29(35)33-38(36,37)27-17-13-25(14-18-27)30(3,4)5/h6-18H,19-20H2,1-5H3,(H2,31,33,35). The zero-order valence-corrected chi connectivity index (χ0v) is 23.3. The van der Waals surface area contributed by atoms with Gasteiger partial charge in [-0.1, -0.05) is 75.4 Å². The third-order valence-electron chi connectivity index (χ3n) is 6.49. The lowest BCUT2D eigenvalue weighted by molar-refractivity contribution is 0.246. The molecule has 0 atom stereocenters. The van der Waals surface area contributed by atoms with Crippen LogP contribution < -0.4 is 10.0 Å². The zero-order valence-electron chi connectivity index (χ0n) is 22.4. The smallest absolute Gasteiger partial charge is 0.328 e. The van der Waals surface area contributed by atoms with Crippen molar-refractivity contribution in [2.45, 2.75) is 51.3 Å². The summed E-state index contributed by atoms with van der Waals surface area (Å²) < 4.78 is 29.2. The molecule has 0 aliphatic carbocycles. The lowest BCUT2D eigenvalue weighted by atomic mass is 9.87. The highest BCUT2D eigenvalue weighted by Crippen LogP contribution is 2.28. The molecule has 0 saturated heterocycles. The fourth-order valence-electron chi connectivity index (χ4n) is 4.39. The SMILES string of the molecule is Cc1nn(-c2ccc(CCNC(=O)NS(=O)(=O)c3ccc(C(C)(C)C)cc3)cc2)c(C)c1-c1ccccc1. The van der Waals surface area contributed by atoms with Crippen LogP contribution in [-0.4, -0.2) is 30.8 Å². The molecule has 38 heavy (non-hydrogen) atoms. The second kappa shape index (κ2) is 10.8. The molecule has 0 aliphatic heterocycles. The van der Waals surface area contributed by atoms with Crippen LogP contribution in [0, 0.1) is 13.8 Å². The van der Waals surface area contributed by atoms with Crippen LogP contribution in [0.3, 0.4) is 0 Å². The monoisotopic (exact) mass is 530 g/mol. The van der Waals surface area contributed by atoms with Crippen LogP contribution in [0.4, 0.5) is 4.79 Å². The minimum absolute atomic E-state index is 0.0517. The third kappa shape index (κ3) is 6.14. The van der Waals surface area contributed by atoms with Crippen LogP contribution in [0.15, 0.2) is 83.8 Å². The van der Waals surface area contributed by atoms with Gasteiger partial charge in [-0.15, -0.1) is 0 Å². The summed E-state index contributed by atoms with van der Waals surface area (Å²) in [6.07, 6.45) is 0.556. The van der Waals surface area contributed by atoms with E-state index < -0.39 is 16.1 Å². The summed E-state index contributed by atoms with van der Waals surface area (Å²) in [5, 5.41) is 7.37. The van der Waals surface area contributed by atoms with E-state index in [1.54, 1.807) is 12.1 Å². The summed E-state index contributed by atoms with van der Waals surface area (Å²) in [6, 6.07) is 24.0. The number of benzene rings is 3. The second-order valence-corrected chi connectivity index (χ2v) is 12.1. The maximum Gasteiger partial charge on any atom is 0.328 e. The van der Waals surface area contributed by atoms with Gasteiger partial charge in [0.2, 0.25) is 0 Å². The Morgan fingerprint density at radius 1 is 0.895 bits per heavy atom. The predicted octanol–water partition coefficient (Wildman–Crippen LogP) is 5.68. The Hall–Kier alpha value is -3.91. The van der Waals surface area contributed by atoms with Crippen LogP contribution in [-0.2, 0) is 21.9 Å². The molecule has 0 bridgehead atoms. The van der Waals surface area contributed by atoms with Gasteiger partial charge in [0.15, 0.2) is 0 Å². The minimum atomic E-state index is -3.95. The highest BCUT2D eigenvalue weighted by Gasteiger charge is 2.20. The number of nitrogens with zero attached hydrogens (tertiary/aromatic N) is 2. The molecule has 0 radical (unpaired) electrons. The Morgan fingerprint density at radius 3 is 2.13 bits per heavy atom. The molecule has 0 saturated carbocycles. The van der Waals surface area contributed by atoms with Gasteiger partial charge in [-0.3, -0.25) is 0 Å². The molecule has 2 N–H and O–H groups in total. The lowest BCUT2D eigenvalue weighted by Crippen LogP contribution is -2.40. The molecule has 198 valence electrons. The molecular weight excluding hydrogens is 496 g/mol. The molecule has 0 fully saturated rings. The first-order valence-corrected chi connectivity index (χ1v) is 14.1. The molecule has 7 nitrogen and oxygen atoms in total. The molecule has 1 heterocycles.